The minimum absolute atomic E-state index is 0.0381. The Labute approximate surface area is 72.8 Å². The van der Waals surface area contributed by atoms with Gasteiger partial charge in [0.1, 0.15) is 9.84 Å². The molecule has 1 rings (SSSR count). The fourth-order valence-corrected chi connectivity index (χ4v) is 2.02. The third-order valence-corrected chi connectivity index (χ3v) is 2.53. The smallest absolute Gasteiger partial charge is 0.163 e. The summed E-state index contributed by atoms with van der Waals surface area (Å²) in [7, 11) is -2.96. The highest BCUT2D eigenvalue weighted by molar-refractivity contribution is 7.90. The Balaban J connectivity index is 2.49. The van der Waals surface area contributed by atoms with Gasteiger partial charge in [-0.3, -0.25) is 0 Å². The van der Waals surface area contributed by atoms with Crippen molar-refractivity contribution in [2.24, 2.45) is 0 Å². The Bertz CT molecular complexity index is 255. The Morgan fingerprint density at radius 2 is 2.08 bits per heavy atom. The topological polar surface area (TPSA) is 52.6 Å². The number of hydrogen-bond donors (Lipinski definition) is 0. The van der Waals surface area contributed by atoms with Crippen molar-refractivity contribution in [3.8, 4) is 0 Å². The molecular weight excluding hydrogens is 180 g/mol. The lowest BCUT2D eigenvalue weighted by Crippen LogP contribution is -2.25. The van der Waals surface area contributed by atoms with Crippen LogP contribution in [0, 0.1) is 0 Å². The van der Waals surface area contributed by atoms with E-state index in [1.54, 1.807) is 13.8 Å². The van der Waals surface area contributed by atoms with Gasteiger partial charge in [-0.1, -0.05) is 0 Å². The second kappa shape index (κ2) is 2.97. The van der Waals surface area contributed by atoms with Crippen LogP contribution in [0.2, 0.25) is 0 Å². The minimum Gasteiger partial charge on any atom is -0.348 e. The van der Waals surface area contributed by atoms with Crippen molar-refractivity contribution >= 4 is 9.84 Å². The van der Waals surface area contributed by atoms with Gasteiger partial charge in [-0.2, -0.15) is 0 Å². The molecule has 0 spiro atoms. The fraction of sp³-hybridized carbons (Fsp3) is 1.00. The molecule has 12 heavy (non-hydrogen) atoms. The molecular formula is C7H14O4S. The van der Waals surface area contributed by atoms with E-state index in [1.807, 2.05) is 0 Å². The van der Waals surface area contributed by atoms with Gasteiger partial charge in [0.2, 0.25) is 0 Å². The molecule has 0 N–H and O–H groups in total. The van der Waals surface area contributed by atoms with E-state index < -0.39 is 15.6 Å². The molecule has 0 aromatic heterocycles. The Kier molecular flexibility index (Phi) is 2.47. The number of rotatable bonds is 2. The fourth-order valence-electron chi connectivity index (χ4n) is 1.18. The summed E-state index contributed by atoms with van der Waals surface area (Å²) in [5.41, 5.74) is 0. The normalized spacial score (nSPS) is 29.1. The maximum absolute atomic E-state index is 10.9. The molecule has 0 aromatic rings. The molecule has 4 nitrogen and oxygen atoms in total. The predicted molar refractivity (Wildman–Crippen MR) is 44.6 cm³/mol. The maximum Gasteiger partial charge on any atom is 0.163 e. The van der Waals surface area contributed by atoms with Crippen LogP contribution in [0.3, 0.4) is 0 Å². The summed E-state index contributed by atoms with van der Waals surface area (Å²) < 4.78 is 32.3. The molecule has 1 heterocycles. The highest BCUT2D eigenvalue weighted by Crippen LogP contribution is 2.22. The van der Waals surface area contributed by atoms with Gasteiger partial charge in [0.25, 0.3) is 0 Å². The highest BCUT2D eigenvalue weighted by atomic mass is 32.2. The molecule has 0 unspecified atom stereocenters. The van der Waals surface area contributed by atoms with E-state index in [4.69, 9.17) is 9.47 Å². The molecule has 1 saturated heterocycles. The third-order valence-electron chi connectivity index (χ3n) is 1.56. The summed E-state index contributed by atoms with van der Waals surface area (Å²) in [5, 5.41) is 0. The van der Waals surface area contributed by atoms with Gasteiger partial charge in [0, 0.05) is 6.26 Å². The quantitative estimate of drug-likeness (QED) is 0.629. The lowest BCUT2D eigenvalue weighted by Gasteiger charge is -2.16. The first-order valence-corrected chi connectivity index (χ1v) is 5.84. The molecule has 1 aliphatic heterocycles. The van der Waals surface area contributed by atoms with Gasteiger partial charge in [0.05, 0.1) is 18.5 Å². The van der Waals surface area contributed by atoms with Crippen LogP contribution in [0.1, 0.15) is 13.8 Å². The molecule has 0 saturated carbocycles. The van der Waals surface area contributed by atoms with Crippen molar-refractivity contribution in [1.29, 1.82) is 0 Å². The SMILES string of the molecule is CC1(C)OC[C@@H](CS(C)(=O)=O)O1. The van der Waals surface area contributed by atoms with Crippen LogP contribution in [0.25, 0.3) is 0 Å². The zero-order valence-electron chi connectivity index (χ0n) is 7.53. The Morgan fingerprint density at radius 1 is 1.50 bits per heavy atom. The predicted octanol–water partition coefficient (Wildman–Crippen LogP) is 0.183. The van der Waals surface area contributed by atoms with Gasteiger partial charge in [-0.15, -0.1) is 0 Å². The molecule has 5 heteroatoms. The van der Waals surface area contributed by atoms with Crippen LogP contribution in [-0.2, 0) is 19.3 Å². The minimum atomic E-state index is -2.96. The van der Waals surface area contributed by atoms with Crippen LogP contribution in [0.15, 0.2) is 0 Å². The van der Waals surface area contributed by atoms with E-state index in [1.165, 1.54) is 6.26 Å². The van der Waals surface area contributed by atoms with Crippen LogP contribution in [0.4, 0.5) is 0 Å². The van der Waals surface area contributed by atoms with Crippen molar-refractivity contribution < 1.29 is 17.9 Å². The number of hydrogen-bond acceptors (Lipinski definition) is 4. The molecule has 0 amide bonds. The standard InChI is InChI=1S/C7H14O4S/c1-7(2)10-4-6(11-7)5-12(3,8)9/h6H,4-5H2,1-3H3/t6-/m0/s1. The first kappa shape index (κ1) is 9.95. The van der Waals surface area contributed by atoms with Crippen molar-refractivity contribution in [2.45, 2.75) is 25.7 Å². The zero-order chi connectivity index (χ0) is 9.41. The zero-order valence-corrected chi connectivity index (χ0v) is 8.35. The third kappa shape index (κ3) is 3.08. The first-order chi connectivity index (χ1) is 5.29. The van der Waals surface area contributed by atoms with Crippen LogP contribution >= 0.6 is 0 Å². The van der Waals surface area contributed by atoms with E-state index in [0.29, 0.717) is 6.61 Å². The van der Waals surface area contributed by atoms with Gasteiger partial charge >= 0.3 is 0 Å². The second-order valence-corrected chi connectivity index (χ2v) is 5.73. The molecule has 0 radical (unpaired) electrons. The van der Waals surface area contributed by atoms with Crippen molar-refractivity contribution in [3.05, 3.63) is 0 Å². The summed E-state index contributed by atoms with van der Waals surface area (Å²) >= 11 is 0. The van der Waals surface area contributed by atoms with Crippen molar-refractivity contribution in [2.75, 3.05) is 18.6 Å². The molecule has 1 aliphatic rings. The average molecular weight is 194 g/mol. The van der Waals surface area contributed by atoms with Gasteiger partial charge < -0.3 is 9.47 Å². The lowest BCUT2D eigenvalue weighted by molar-refractivity contribution is -0.135. The van der Waals surface area contributed by atoms with Crippen molar-refractivity contribution in [1.82, 2.24) is 0 Å². The number of ether oxygens (including phenoxy) is 2. The molecule has 0 aromatic carbocycles. The second-order valence-electron chi connectivity index (χ2n) is 3.54. The van der Waals surface area contributed by atoms with E-state index in [2.05, 4.69) is 0 Å². The van der Waals surface area contributed by atoms with Crippen LogP contribution in [-0.4, -0.2) is 38.9 Å². The average Bonchev–Trinajstić information content (AvgIpc) is 2.05. The summed E-state index contributed by atoms with van der Waals surface area (Å²) in [6.45, 7) is 3.91. The summed E-state index contributed by atoms with van der Waals surface area (Å²) in [5.74, 6) is -0.591. The first-order valence-electron chi connectivity index (χ1n) is 3.78. The number of sulfone groups is 1. The van der Waals surface area contributed by atoms with Gasteiger partial charge in [-0.25, -0.2) is 8.42 Å². The Morgan fingerprint density at radius 3 is 2.42 bits per heavy atom. The Hall–Kier alpha value is -0.130. The summed E-state index contributed by atoms with van der Waals surface area (Å²) in [6.07, 6.45) is 0.886. The lowest BCUT2D eigenvalue weighted by atomic mass is 10.4. The summed E-state index contributed by atoms with van der Waals surface area (Å²) in [6, 6.07) is 0. The van der Waals surface area contributed by atoms with Gasteiger partial charge in [-0.05, 0) is 13.8 Å². The van der Waals surface area contributed by atoms with Crippen molar-refractivity contribution in [3.63, 3.8) is 0 Å². The van der Waals surface area contributed by atoms with E-state index in [-0.39, 0.29) is 11.9 Å². The van der Waals surface area contributed by atoms with E-state index >= 15 is 0 Å². The van der Waals surface area contributed by atoms with E-state index in [9.17, 15) is 8.42 Å². The molecule has 1 atom stereocenters. The monoisotopic (exact) mass is 194 g/mol. The molecule has 1 fully saturated rings. The van der Waals surface area contributed by atoms with E-state index in [0.717, 1.165) is 0 Å². The summed E-state index contributed by atoms with van der Waals surface area (Å²) in [4.78, 5) is 0. The van der Waals surface area contributed by atoms with Crippen LogP contribution in [0.5, 0.6) is 0 Å². The largest absolute Gasteiger partial charge is 0.348 e. The van der Waals surface area contributed by atoms with Crippen LogP contribution < -0.4 is 0 Å². The molecule has 0 aliphatic carbocycles. The maximum atomic E-state index is 10.9. The molecule has 0 bridgehead atoms. The highest BCUT2D eigenvalue weighted by Gasteiger charge is 2.34. The molecule has 72 valence electrons. The van der Waals surface area contributed by atoms with Gasteiger partial charge in [0.15, 0.2) is 5.79 Å².